The number of hydrogen-bond acceptors (Lipinski definition) is 4. The summed E-state index contributed by atoms with van der Waals surface area (Å²) in [7, 11) is 0. The van der Waals surface area contributed by atoms with E-state index < -0.39 is 11.9 Å². The highest BCUT2D eigenvalue weighted by Gasteiger charge is 2.25. The Labute approximate surface area is 149 Å². The third kappa shape index (κ3) is 2.85. The van der Waals surface area contributed by atoms with Crippen molar-refractivity contribution in [1.29, 1.82) is 0 Å². The van der Waals surface area contributed by atoms with E-state index in [0.717, 1.165) is 25.1 Å². The molecule has 0 saturated carbocycles. The van der Waals surface area contributed by atoms with Crippen molar-refractivity contribution in [3.8, 4) is 5.69 Å². The lowest BCUT2D eigenvalue weighted by Gasteiger charge is -2.24. The quantitative estimate of drug-likeness (QED) is 0.749. The fourth-order valence-electron chi connectivity index (χ4n) is 3.21. The van der Waals surface area contributed by atoms with Gasteiger partial charge in [-0.2, -0.15) is 10.2 Å². The molecule has 2 N–H and O–H groups in total. The summed E-state index contributed by atoms with van der Waals surface area (Å²) in [5.41, 5.74) is 1.54. The van der Waals surface area contributed by atoms with Crippen molar-refractivity contribution in [1.82, 2.24) is 24.9 Å². The number of hydrogen-bond donors (Lipinski definition) is 2. The zero-order valence-electron chi connectivity index (χ0n) is 13.9. The zero-order valence-corrected chi connectivity index (χ0v) is 13.9. The first-order chi connectivity index (χ1) is 12.6. The highest BCUT2D eigenvalue weighted by molar-refractivity contribution is 5.96. The summed E-state index contributed by atoms with van der Waals surface area (Å²) in [5, 5.41) is 20.8. The molecule has 0 aliphatic carbocycles. The van der Waals surface area contributed by atoms with E-state index in [-0.39, 0.29) is 17.4 Å². The summed E-state index contributed by atoms with van der Waals surface area (Å²) in [6, 6.07) is 11.9. The summed E-state index contributed by atoms with van der Waals surface area (Å²) < 4.78 is 3.14. The molecule has 1 aromatic carbocycles. The van der Waals surface area contributed by atoms with Crippen LogP contribution >= 0.6 is 0 Å². The van der Waals surface area contributed by atoms with Crippen LogP contribution in [0.4, 0.5) is 0 Å². The number of aromatic carboxylic acids is 1. The molecule has 0 saturated heterocycles. The molecular formula is C18H17N5O3. The number of carboxylic acid groups (broad SMARTS) is 1. The fourth-order valence-corrected chi connectivity index (χ4v) is 3.21. The number of carbonyl (C=O) groups is 2. The van der Waals surface area contributed by atoms with Crippen LogP contribution < -0.4 is 5.32 Å². The Bertz CT molecular complexity index is 960. The van der Waals surface area contributed by atoms with Gasteiger partial charge in [0.1, 0.15) is 0 Å². The van der Waals surface area contributed by atoms with Crippen molar-refractivity contribution in [2.24, 2.45) is 0 Å². The molecule has 26 heavy (non-hydrogen) atoms. The Kier molecular flexibility index (Phi) is 4.00. The van der Waals surface area contributed by atoms with E-state index in [4.69, 9.17) is 0 Å². The van der Waals surface area contributed by atoms with Crippen molar-refractivity contribution in [2.75, 3.05) is 0 Å². The first-order valence-corrected chi connectivity index (χ1v) is 8.35. The zero-order chi connectivity index (χ0) is 18.1. The lowest BCUT2D eigenvalue weighted by molar-refractivity contribution is 0.0686. The van der Waals surface area contributed by atoms with Crippen LogP contribution in [0.15, 0.2) is 48.7 Å². The van der Waals surface area contributed by atoms with Crippen LogP contribution in [-0.2, 0) is 6.54 Å². The van der Waals surface area contributed by atoms with Crippen molar-refractivity contribution in [3.63, 3.8) is 0 Å². The Morgan fingerprint density at radius 2 is 2.00 bits per heavy atom. The number of nitrogens with zero attached hydrogens (tertiary/aromatic N) is 4. The maximum absolute atomic E-state index is 12.7. The number of amides is 1. The molecule has 3 aromatic rings. The third-order valence-corrected chi connectivity index (χ3v) is 4.44. The highest BCUT2D eigenvalue weighted by atomic mass is 16.4. The normalized spacial score (nSPS) is 16.1. The van der Waals surface area contributed by atoms with E-state index in [1.165, 1.54) is 10.7 Å². The van der Waals surface area contributed by atoms with Gasteiger partial charge in [0.15, 0.2) is 11.4 Å². The molecule has 1 atom stereocenters. The van der Waals surface area contributed by atoms with E-state index in [1.807, 2.05) is 16.8 Å². The van der Waals surface area contributed by atoms with Gasteiger partial charge >= 0.3 is 5.97 Å². The van der Waals surface area contributed by atoms with E-state index >= 15 is 0 Å². The van der Waals surface area contributed by atoms with Gasteiger partial charge in [0.2, 0.25) is 0 Å². The predicted octanol–water partition coefficient (Wildman–Crippen LogP) is 2.03. The average Bonchev–Trinajstić information content (AvgIpc) is 3.30. The molecule has 0 bridgehead atoms. The lowest BCUT2D eigenvalue weighted by atomic mass is 10.0. The van der Waals surface area contributed by atoms with Gasteiger partial charge in [-0.25, -0.2) is 9.48 Å². The van der Waals surface area contributed by atoms with Gasteiger partial charge < -0.3 is 10.4 Å². The minimum absolute atomic E-state index is 0.0602. The number of para-hydroxylation sites is 1. The number of aromatic nitrogens is 4. The summed E-state index contributed by atoms with van der Waals surface area (Å²) in [5.74, 6) is -1.54. The average molecular weight is 351 g/mol. The molecule has 3 heterocycles. The summed E-state index contributed by atoms with van der Waals surface area (Å²) >= 11 is 0. The maximum atomic E-state index is 12.7. The van der Waals surface area contributed by atoms with E-state index in [9.17, 15) is 14.7 Å². The second-order valence-electron chi connectivity index (χ2n) is 6.11. The van der Waals surface area contributed by atoms with Crippen molar-refractivity contribution < 1.29 is 14.7 Å². The lowest BCUT2D eigenvalue weighted by Crippen LogP contribution is -2.33. The van der Waals surface area contributed by atoms with Gasteiger partial charge in [-0.1, -0.05) is 18.2 Å². The van der Waals surface area contributed by atoms with Gasteiger partial charge in [-0.15, -0.1) is 0 Å². The number of carboxylic acids is 1. The maximum Gasteiger partial charge on any atom is 0.354 e. The molecule has 1 amide bonds. The molecule has 0 fully saturated rings. The Balaban J connectivity index is 1.62. The van der Waals surface area contributed by atoms with Gasteiger partial charge in [-0.05, 0) is 31.0 Å². The molecule has 0 spiro atoms. The first kappa shape index (κ1) is 16.1. The molecular weight excluding hydrogens is 334 g/mol. The van der Waals surface area contributed by atoms with Gasteiger partial charge in [0, 0.05) is 18.8 Å². The van der Waals surface area contributed by atoms with Crippen molar-refractivity contribution in [2.45, 2.75) is 25.4 Å². The van der Waals surface area contributed by atoms with Crippen LogP contribution in [0.25, 0.3) is 5.69 Å². The number of carbonyl (C=O) groups excluding carboxylic acids is 1. The molecule has 8 nitrogen and oxygen atoms in total. The monoisotopic (exact) mass is 351 g/mol. The van der Waals surface area contributed by atoms with E-state index in [2.05, 4.69) is 15.5 Å². The second-order valence-corrected chi connectivity index (χ2v) is 6.11. The molecule has 8 heteroatoms. The Morgan fingerprint density at radius 1 is 1.19 bits per heavy atom. The van der Waals surface area contributed by atoms with Crippen LogP contribution in [0.5, 0.6) is 0 Å². The number of aryl methyl sites for hydroxylation is 1. The third-order valence-electron chi connectivity index (χ3n) is 4.44. The SMILES string of the molecule is O=C(NC1CCCn2nccc21)c1cc(C(=O)O)n(-c2ccccc2)n1. The van der Waals surface area contributed by atoms with Crippen LogP contribution in [0.3, 0.4) is 0 Å². The minimum Gasteiger partial charge on any atom is -0.477 e. The van der Waals surface area contributed by atoms with Crippen molar-refractivity contribution in [3.05, 3.63) is 65.7 Å². The Morgan fingerprint density at radius 3 is 2.77 bits per heavy atom. The second kappa shape index (κ2) is 6.47. The molecule has 0 radical (unpaired) electrons. The molecule has 1 aliphatic heterocycles. The standard InChI is InChI=1S/C18H17N5O3/c24-17(20-13-7-4-10-22-15(13)8-9-19-22)14-11-16(18(25)26)23(21-14)12-5-2-1-3-6-12/h1-3,5-6,8-9,11,13H,4,7,10H2,(H,20,24)(H,25,26). The number of nitrogens with one attached hydrogen (secondary N) is 1. The molecule has 4 rings (SSSR count). The number of fused-ring (bicyclic) bond motifs is 1. The summed E-state index contributed by atoms with van der Waals surface area (Å²) in [4.78, 5) is 24.2. The largest absolute Gasteiger partial charge is 0.477 e. The van der Waals surface area contributed by atoms with Gasteiger partial charge in [-0.3, -0.25) is 9.48 Å². The van der Waals surface area contributed by atoms with Gasteiger partial charge in [0.25, 0.3) is 5.91 Å². The molecule has 132 valence electrons. The molecule has 1 aliphatic rings. The predicted molar refractivity (Wildman–Crippen MR) is 92.2 cm³/mol. The van der Waals surface area contributed by atoms with Gasteiger partial charge in [0.05, 0.1) is 17.4 Å². The molecule has 2 aromatic heterocycles. The van der Waals surface area contributed by atoms with Crippen molar-refractivity contribution >= 4 is 11.9 Å². The van der Waals surface area contributed by atoms with Crippen LogP contribution in [0.2, 0.25) is 0 Å². The summed E-state index contributed by atoms with van der Waals surface area (Å²) in [6.07, 6.45) is 3.44. The first-order valence-electron chi connectivity index (χ1n) is 8.35. The minimum atomic E-state index is -1.14. The van der Waals surface area contributed by atoms with E-state index in [1.54, 1.807) is 30.5 Å². The Hall–Kier alpha value is -3.42. The molecule has 1 unspecified atom stereocenters. The fraction of sp³-hybridized carbons (Fsp3) is 0.222. The van der Waals surface area contributed by atoms with Crippen LogP contribution in [0.1, 0.15) is 45.6 Å². The van der Waals surface area contributed by atoms with Crippen LogP contribution in [0, 0.1) is 0 Å². The topological polar surface area (TPSA) is 102 Å². The number of benzene rings is 1. The summed E-state index contributed by atoms with van der Waals surface area (Å²) in [6.45, 7) is 0.834. The number of rotatable bonds is 4. The van der Waals surface area contributed by atoms with E-state index in [0.29, 0.717) is 5.69 Å². The highest BCUT2D eigenvalue weighted by Crippen LogP contribution is 2.24. The van der Waals surface area contributed by atoms with Crippen LogP contribution in [-0.4, -0.2) is 36.5 Å². The smallest absolute Gasteiger partial charge is 0.354 e.